The monoisotopic (exact) mass is 424 g/mol. The lowest BCUT2D eigenvalue weighted by Crippen LogP contribution is -2.30. The number of aryl methyl sites for hydroxylation is 1. The third kappa shape index (κ3) is 4.50. The lowest BCUT2D eigenvalue weighted by Gasteiger charge is -2.14. The highest BCUT2D eigenvalue weighted by atomic mass is 16.5. The standard InChI is InChI=1S/C24H28N2O5/c1-5-15-11-19(21(29)12-20(15)28)24(30)25-13-17(27)10-16-6-7-22(31-4)23-18(16)8-9-26(23)14(2)3/h6-9,11-12,14,28-29H,5,10,13H2,1-4H3,(H,25,30). The molecule has 0 aliphatic carbocycles. The number of hydrogen-bond acceptors (Lipinski definition) is 5. The molecule has 0 saturated carbocycles. The highest BCUT2D eigenvalue weighted by molar-refractivity contribution is 6.00. The molecule has 31 heavy (non-hydrogen) atoms. The Hall–Kier alpha value is -3.48. The molecule has 0 radical (unpaired) electrons. The smallest absolute Gasteiger partial charge is 0.255 e. The Balaban J connectivity index is 1.75. The van der Waals surface area contributed by atoms with Gasteiger partial charge in [-0.2, -0.15) is 0 Å². The highest BCUT2D eigenvalue weighted by Crippen LogP contribution is 2.32. The summed E-state index contributed by atoms with van der Waals surface area (Å²) < 4.78 is 7.60. The van der Waals surface area contributed by atoms with Gasteiger partial charge < -0.3 is 24.8 Å². The number of phenols is 2. The molecule has 7 nitrogen and oxygen atoms in total. The largest absolute Gasteiger partial charge is 0.508 e. The zero-order valence-corrected chi connectivity index (χ0v) is 18.2. The van der Waals surface area contributed by atoms with Crippen molar-refractivity contribution in [3.05, 3.63) is 53.2 Å². The maximum Gasteiger partial charge on any atom is 0.255 e. The third-order valence-electron chi connectivity index (χ3n) is 5.36. The average Bonchev–Trinajstić information content (AvgIpc) is 3.18. The molecule has 0 aliphatic heterocycles. The summed E-state index contributed by atoms with van der Waals surface area (Å²) in [6, 6.07) is 8.51. The van der Waals surface area contributed by atoms with E-state index in [1.165, 1.54) is 6.07 Å². The number of fused-ring (bicyclic) bond motifs is 1. The molecule has 1 heterocycles. The Labute approximate surface area is 181 Å². The van der Waals surface area contributed by atoms with Crippen LogP contribution in [-0.4, -0.2) is 40.1 Å². The fourth-order valence-electron chi connectivity index (χ4n) is 3.70. The number of aromatic hydroxyl groups is 2. The summed E-state index contributed by atoms with van der Waals surface area (Å²) in [6.07, 6.45) is 2.64. The van der Waals surface area contributed by atoms with Crippen LogP contribution in [0.3, 0.4) is 0 Å². The number of aromatic nitrogens is 1. The Kier molecular flexibility index (Phi) is 6.53. The second-order valence-corrected chi connectivity index (χ2v) is 7.76. The Morgan fingerprint density at radius 3 is 2.48 bits per heavy atom. The van der Waals surface area contributed by atoms with Crippen molar-refractivity contribution in [2.24, 2.45) is 0 Å². The van der Waals surface area contributed by atoms with Crippen molar-refractivity contribution in [3.63, 3.8) is 0 Å². The molecule has 0 unspecified atom stereocenters. The highest BCUT2D eigenvalue weighted by Gasteiger charge is 2.18. The van der Waals surface area contributed by atoms with Crippen LogP contribution in [0.25, 0.3) is 10.9 Å². The van der Waals surface area contributed by atoms with Gasteiger partial charge in [-0.3, -0.25) is 9.59 Å². The van der Waals surface area contributed by atoms with E-state index in [0.29, 0.717) is 12.0 Å². The van der Waals surface area contributed by atoms with E-state index in [-0.39, 0.29) is 41.9 Å². The van der Waals surface area contributed by atoms with Gasteiger partial charge in [0.2, 0.25) is 0 Å². The average molecular weight is 424 g/mol. The number of Topliss-reactive ketones (excluding diaryl/α,β-unsaturated/α-hetero) is 1. The number of nitrogens with zero attached hydrogens (tertiary/aromatic N) is 1. The number of benzene rings is 2. The second kappa shape index (κ2) is 9.12. The first-order valence-corrected chi connectivity index (χ1v) is 10.3. The third-order valence-corrected chi connectivity index (χ3v) is 5.36. The molecule has 0 saturated heterocycles. The van der Waals surface area contributed by atoms with Crippen LogP contribution >= 0.6 is 0 Å². The molecule has 2 aromatic carbocycles. The van der Waals surface area contributed by atoms with Gasteiger partial charge in [0, 0.05) is 30.1 Å². The van der Waals surface area contributed by atoms with Crippen LogP contribution in [0.5, 0.6) is 17.2 Å². The number of methoxy groups -OCH3 is 1. The zero-order chi connectivity index (χ0) is 22.7. The van der Waals surface area contributed by atoms with Gasteiger partial charge >= 0.3 is 0 Å². The number of nitrogens with one attached hydrogen (secondary N) is 1. The number of ether oxygens (including phenoxy) is 1. The second-order valence-electron chi connectivity index (χ2n) is 7.76. The molecule has 0 bridgehead atoms. The predicted octanol–water partition coefficient (Wildman–Crippen LogP) is 3.75. The van der Waals surface area contributed by atoms with Crippen molar-refractivity contribution in [1.29, 1.82) is 0 Å². The first-order chi connectivity index (χ1) is 14.8. The van der Waals surface area contributed by atoms with Crippen molar-refractivity contribution >= 4 is 22.6 Å². The van der Waals surface area contributed by atoms with E-state index in [4.69, 9.17) is 4.74 Å². The summed E-state index contributed by atoms with van der Waals surface area (Å²) in [4.78, 5) is 25.0. The van der Waals surface area contributed by atoms with Crippen LogP contribution < -0.4 is 10.1 Å². The van der Waals surface area contributed by atoms with Crippen LogP contribution in [0.2, 0.25) is 0 Å². The molecule has 7 heteroatoms. The Bertz CT molecular complexity index is 1130. The minimum absolute atomic E-state index is 0.0308. The zero-order valence-electron chi connectivity index (χ0n) is 18.2. The van der Waals surface area contributed by atoms with Gasteiger partial charge in [-0.25, -0.2) is 0 Å². The van der Waals surface area contributed by atoms with Crippen LogP contribution in [0.15, 0.2) is 36.5 Å². The van der Waals surface area contributed by atoms with E-state index >= 15 is 0 Å². The normalized spacial score (nSPS) is 11.1. The molecule has 3 N–H and O–H groups in total. The van der Waals surface area contributed by atoms with E-state index in [9.17, 15) is 19.8 Å². The Morgan fingerprint density at radius 2 is 1.84 bits per heavy atom. The van der Waals surface area contributed by atoms with Crippen molar-refractivity contribution in [2.75, 3.05) is 13.7 Å². The quantitative estimate of drug-likeness (QED) is 0.511. The summed E-state index contributed by atoms with van der Waals surface area (Å²) in [5, 5.41) is 23.3. The number of carbonyl (C=O) groups excluding carboxylic acids is 2. The summed E-state index contributed by atoms with van der Waals surface area (Å²) in [5.74, 6) is -0.374. The Morgan fingerprint density at radius 1 is 1.10 bits per heavy atom. The van der Waals surface area contributed by atoms with Gasteiger partial charge in [0.05, 0.1) is 24.7 Å². The maximum absolute atomic E-state index is 12.6. The summed E-state index contributed by atoms with van der Waals surface area (Å²) in [5.41, 5.74) is 2.37. The van der Waals surface area contributed by atoms with Gasteiger partial charge in [0.15, 0.2) is 5.78 Å². The minimum atomic E-state index is -0.564. The topological polar surface area (TPSA) is 101 Å². The molecule has 3 aromatic rings. The van der Waals surface area contributed by atoms with Crippen molar-refractivity contribution in [3.8, 4) is 17.2 Å². The molecule has 0 spiro atoms. The SMILES string of the molecule is CCc1cc(C(=O)NCC(=O)Cc2ccc(OC)c3c2ccn3C(C)C)c(O)cc1O. The summed E-state index contributed by atoms with van der Waals surface area (Å²) >= 11 is 0. The molecule has 0 fully saturated rings. The number of ketones is 1. The molecule has 0 aliphatic rings. The van der Waals surface area contributed by atoms with Crippen molar-refractivity contribution in [1.82, 2.24) is 9.88 Å². The lowest BCUT2D eigenvalue weighted by atomic mass is 10.0. The van der Waals surface area contributed by atoms with Gasteiger partial charge in [0.1, 0.15) is 17.2 Å². The lowest BCUT2D eigenvalue weighted by molar-refractivity contribution is -0.117. The number of rotatable bonds is 8. The number of amides is 1. The van der Waals surface area contributed by atoms with Crippen LogP contribution in [0.1, 0.15) is 48.3 Å². The van der Waals surface area contributed by atoms with Gasteiger partial charge in [0.25, 0.3) is 5.91 Å². The number of hydrogen-bond donors (Lipinski definition) is 3. The maximum atomic E-state index is 12.6. The fraction of sp³-hybridized carbons (Fsp3) is 0.333. The van der Waals surface area contributed by atoms with Crippen LogP contribution in [0, 0.1) is 0 Å². The van der Waals surface area contributed by atoms with Gasteiger partial charge in [-0.05, 0) is 49.6 Å². The molecular weight excluding hydrogens is 396 g/mol. The molecule has 164 valence electrons. The van der Waals surface area contributed by atoms with Gasteiger partial charge in [-0.1, -0.05) is 13.0 Å². The van der Waals surface area contributed by atoms with Crippen molar-refractivity contribution in [2.45, 2.75) is 39.7 Å². The van der Waals surface area contributed by atoms with Crippen LogP contribution in [-0.2, 0) is 17.6 Å². The molecule has 1 amide bonds. The predicted molar refractivity (Wildman–Crippen MR) is 119 cm³/mol. The number of carbonyl (C=O) groups is 2. The summed E-state index contributed by atoms with van der Waals surface area (Å²) in [6.45, 7) is 5.82. The first kappa shape index (κ1) is 22.2. The molecule has 1 aromatic heterocycles. The molecular formula is C24H28N2O5. The molecule has 0 atom stereocenters. The fourth-order valence-corrected chi connectivity index (χ4v) is 3.70. The number of phenolic OH excluding ortho intramolecular Hbond substituents is 2. The minimum Gasteiger partial charge on any atom is -0.508 e. The van der Waals surface area contributed by atoms with E-state index in [1.807, 2.05) is 31.3 Å². The van der Waals surface area contributed by atoms with Crippen molar-refractivity contribution < 1.29 is 24.5 Å². The first-order valence-electron chi connectivity index (χ1n) is 10.3. The van der Waals surface area contributed by atoms with E-state index < -0.39 is 5.91 Å². The summed E-state index contributed by atoms with van der Waals surface area (Å²) in [7, 11) is 1.62. The van der Waals surface area contributed by atoms with E-state index in [2.05, 4.69) is 23.7 Å². The van der Waals surface area contributed by atoms with Gasteiger partial charge in [-0.15, -0.1) is 0 Å². The van der Waals surface area contributed by atoms with E-state index in [0.717, 1.165) is 28.3 Å². The molecule has 3 rings (SSSR count). The van der Waals surface area contributed by atoms with Crippen LogP contribution in [0.4, 0.5) is 0 Å². The van der Waals surface area contributed by atoms with E-state index in [1.54, 1.807) is 7.11 Å².